The van der Waals surface area contributed by atoms with E-state index in [1.807, 2.05) is 0 Å². The van der Waals surface area contributed by atoms with Crippen molar-refractivity contribution in [1.82, 2.24) is 0 Å². The molecule has 0 saturated carbocycles. The Labute approximate surface area is 160 Å². The molecular weight excluding hydrogens is 360 g/mol. The number of carbonyl (C=O) groups is 3. The molecule has 0 amide bonds. The maximum absolute atomic E-state index is 10.4. The van der Waals surface area contributed by atoms with Crippen molar-refractivity contribution in [2.75, 3.05) is 13.2 Å². The van der Waals surface area contributed by atoms with Crippen molar-refractivity contribution in [3.05, 3.63) is 24.3 Å². The first-order valence-electron chi connectivity index (χ1n) is 7.74. The highest BCUT2D eigenvalue weighted by atomic mass is 17.1. The number of aliphatic carboxylic acids is 2. The van der Waals surface area contributed by atoms with E-state index in [0.29, 0.717) is 0 Å². The first-order chi connectivity index (χ1) is 11.9. The zero-order valence-corrected chi connectivity index (χ0v) is 17.2. The maximum atomic E-state index is 10.4. The van der Waals surface area contributed by atoms with E-state index in [9.17, 15) is 14.4 Å². The molecule has 0 aromatic carbocycles. The number of hydrogen-bond donors (Lipinski definition) is 5. The zero-order chi connectivity index (χ0) is 23.0. The van der Waals surface area contributed by atoms with Gasteiger partial charge in [-0.25, -0.2) is 14.4 Å². The summed E-state index contributed by atoms with van der Waals surface area (Å²) in [4.78, 5) is 33.0. The molecule has 0 aliphatic heterocycles. The Balaban J connectivity index is -0.000000132. The lowest BCUT2D eigenvalue weighted by atomic mass is 9.97. The zero-order valence-electron chi connectivity index (χ0n) is 17.2. The SMILES string of the molecule is C=C(C)C(=O)O.C=C(C)C(=O)O.CC(C)(C)C(=O)OO.CC(C)(CO)CO. The number of aliphatic hydroxyl groups excluding tert-OH is 2. The molecule has 0 aliphatic rings. The molecule has 5 N–H and O–H groups in total. The first-order valence-corrected chi connectivity index (χ1v) is 7.74. The van der Waals surface area contributed by atoms with Gasteiger partial charge in [0.1, 0.15) is 0 Å². The molecule has 0 rings (SSSR count). The molecule has 0 saturated heterocycles. The van der Waals surface area contributed by atoms with Crippen molar-refractivity contribution < 1.29 is 45.0 Å². The largest absolute Gasteiger partial charge is 0.478 e. The highest BCUT2D eigenvalue weighted by Gasteiger charge is 2.22. The third kappa shape index (κ3) is 28.8. The molecule has 0 aromatic heterocycles. The van der Waals surface area contributed by atoms with E-state index in [1.165, 1.54) is 13.8 Å². The molecule has 0 spiro atoms. The summed E-state index contributed by atoms with van der Waals surface area (Å²) in [6.45, 7) is 17.9. The Morgan fingerprint density at radius 2 is 1.04 bits per heavy atom. The van der Waals surface area contributed by atoms with Gasteiger partial charge in [0.05, 0.1) is 18.6 Å². The van der Waals surface area contributed by atoms with E-state index in [1.54, 1.807) is 34.6 Å². The van der Waals surface area contributed by atoms with E-state index >= 15 is 0 Å². The summed E-state index contributed by atoms with van der Waals surface area (Å²) in [5.74, 6) is -2.48. The van der Waals surface area contributed by atoms with Crippen LogP contribution in [0.3, 0.4) is 0 Å². The minimum atomic E-state index is -0.935. The predicted octanol–water partition coefficient (Wildman–Crippen LogP) is 2.34. The standard InChI is InChI=1S/C5H10O3.C5H12O2.2C4H6O2/c1-5(2,3)4(6)8-7;1-5(2,3-6)4-7;2*1-3(2)4(5)6/h7H,1-3H3;6-7H,3-4H2,1-2H3;2*1H2,2H3,(H,5,6). The Kier molecular flexibility index (Phi) is 19.2. The molecule has 0 aromatic rings. The number of carboxylic acids is 2. The van der Waals surface area contributed by atoms with Crippen molar-refractivity contribution >= 4 is 17.9 Å². The summed E-state index contributed by atoms with van der Waals surface area (Å²) in [6.07, 6.45) is 0. The minimum Gasteiger partial charge on any atom is -0.478 e. The fourth-order valence-electron chi connectivity index (χ4n) is 0.187. The van der Waals surface area contributed by atoms with Crippen LogP contribution >= 0.6 is 0 Å². The molecule has 0 aliphatic carbocycles. The smallest absolute Gasteiger partial charge is 0.347 e. The van der Waals surface area contributed by atoms with Gasteiger partial charge in [-0.05, 0) is 34.6 Å². The van der Waals surface area contributed by atoms with Crippen molar-refractivity contribution in [3.63, 3.8) is 0 Å². The van der Waals surface area contributed by atoms with E-state index in [4.69, 9.17) is 25.7 Å². The van der Waals surface area contributed by atoms with Gasteiger partial charge < -0.3 is 25.3 Å². The van der Waals surface area contributed by atoms with E-state index in [0.717, 1.165) is 0 Å². The van der Waals surface area contributed by atoms with Crippen LogP contribution in [0.15, 0.2) is 24.3 Å². The molecule has 0 bridgehead atoms. The van der Waals surface area contributed by atoms with Gasteiger partial charge >= 0.3 is 17.9 Å². The van der Waals surface area contributed by atoms with Gasteiger partial charge in [0.25, 0.3) is 0 Å². The quantitative estimate of drug-likeness (QED) is 0.274. The summed E-state index contributed by atoms with van der Waals surface area (Å²) in [7, 11) is 0. The van der Waals surface area contributed by atoms with Crippen molar-refractivity contribution in [2.45, 2.75) is 48.5 Å². The predicted molar refractivity (Wildman–Crippen MR) is 101 cm³/mol. The van der Waals surface area contributed by atoms with Crippen LogP contribution in [-0.2, 0) is 19.3 Å². The van der Waals surface area contributed by atoms with Gasteiger partial charge in [0.15, 0.2) is 0 Å². The number of carbonyl (C=O) groups excluding carboxylic acids is 1. The van der Waals surface area contributed by atoms with Gasteiger partial charge in [-0.1, -0.05) is 27.0 Å². The highest BCUT2D eigenvalue weighted by Crippen LogP contribution is 2.13. The third-order valence-corrected chi connectivity index (χ3v) is 2.28. The molecule has 0 fully saturated rings. The molecule has 0 heterocycles. The van der Waals surface area contributed by atoms with E-state index < -0.39 is 23.3 Å². The molecule has 0 unspecified atom stereocenters. The van der Waals surface area contributed by atoms with Gasteiger partial charge in [-0.15, -0.1) is 0 Å². The second-order valence-electron chi connectivity index (χ2n) is 7.28. The van der Waals surface area contributed by atoms with Crippen LogP contribution in [0.2, 0.25) is 0 Å². The van der Waals surface area contributed by atoms with Crippen molar-refractivity contribution in [3.8, 4) is 0 Å². The van der Waals surface area contributed by atoms with Crippen LogP contribution in [0.25, 0.3) is 0 Å². The van der Waals surface area contributed by atoms with Gasteiger partial charge in [-0.2, -0.15) is 5.26 Å². The fourth-order valence-corrected chi connectivity index (χ4v) is 0.187. The maximum Gasteiger partial charge on any atom is 0.347 e. The van der Waals surface area contributed by atoms with Crippen LogP contribution in [0.4, 0.5) is 0 Å². The van der Waals surface area contributed by atoms with E-state index in [2.05, 4.69) is 18.0 Å². The topological polar surface area (TPSA) is 162 Å². The third-order valence-electron chi connectivity index (χ3n) is 2.28. The lowest BCUT2D eigenvalue weighted by Gasteiger charge is -2.16. The Morgan fingerprint density at radius 1 is 0.815 bits per heavy atom. The number of rotatable bonds is 4. The molecule has 160 valence electrons. The molecule has 27 heavy (non-hydrogen) atoms. The van der Waals surface area contributed by atoms with Crippen LogP contribution in [0, 0.1) is 10.8 Å². The summed E-state index contributed by atoms with van der Waals surface area (Å²) in [6, 6.07) is 0. The molecule has 0 atom stereocenters. The van der Waals surface area contributed by atoms with Crippen LogP contribution in [-0.4, -0.2) is 56.8 Å². The molecular formula is C18H34O9. The minimum absolute atomic E-state index is 0.0451. The van der Waals surface area contributed by atoms with Crippen LogP contribution < -0.4 is 0 Å². The van der Waals surface area contributed by atoms with Crippen molar-refractivity contribution in [1.29, 1.82) is 0 Å². The molecule has 9 heteroatoms. The Hall–Kier alpha value is -2.23. The highest BCUT2D eigenvalue weighted by molar-refractivity contribution is 5.85. The number of hydrogen-bond acceptors (Lipinski definition) is 7. The summed E-state index contributed by atoms with van der Waals surface area (Å²) < 4.78 is 0. The lowest BCUT2D eigenvalue weighted by molar-refractivity contribution is -0.243. The monoisotopic (exact) mass is 394 g/mol. The van der Waals surface area contributed by atoms with E-state index in [-0.39, 0.29) is 29.8 Å². The average molecular weight is 394 g/mol. The number of carboxylic acid groups (broad SMARTS) is 2. The summed E-state index contributed by atoms with van der Waals surface area (Å²) in [5.41, 5.74) is -0.556. The fraction of sp³-hybridized carbons (Fsp3) is 0.611. The average Bonchev–Trinajstić information content (AvgIpc) is 2.54. The second-order valence-corrected chi connectivity index (χ2v) is 7.28. The van der Waals surface area contributed by atoms with Crippen LogP contribution in [0.1, 0.15) is 48.5 Å². The van der Waals surface area contributed by atoms with Crippen LogP contribution in [0.5, 0.6) is 0 Å². The van der Waals surface area contributed by atoms with Gasteiger partial charge in [-0.3, -0.25) is 0 Å². The van der Waals surface area contributed by atoms with Gasteiger partial charge in [0, 0.05) is 16.6 Å². The Morgan fingerprint density at radius 3 is 1.04 bits per heavy atom. The Bertz CT molecular complexity index is 432. The first kappa shape index (κ1) is 32.4. The normalized spacial score (nSPS) is 9.70. The summed E-state index contributed by atoms with van der Waals surface area (Å²) in [5, 5.41) is 40.5. The lowest BCUT2D eigenvalue weighted by Crippen LogP contribution is -2.21. The van der Waals surface area contributed by atoms with Gasteiger partial charge in [0.2, 0.25) is 0 Å². The van der Waals surface area contributed by atoms with Crippen molar-refractivity contribution in [2.24, 2.45) is 10.8 Å². The summed E-state index contributed by atoms with van der Waals surface area (Å²) >= 11 is 0. The molecule has 0 radical (unpaired) electrons. The molecule has 9 nitrogen and oxygen atoms in total. The number of aliphatic hydroxyl groups is 2. The second kappa shape index (κ2) is 16.0.